The van der Waals surface area contributed by atoms with Crippen molar-refractivity contribution in [3.63, 3.8) is 0 Å². The lowest BCUT2D eigenvalue weighted by Crippen LogP contribution is -2.61. The fourth-order valence-corrected chi connectivity index (χ4v) is 6.39. The first-order valence-electron chi connectivity index (χ1n) is 9.01. The summed E-state index contributed by atoms with van der Waals surface area (Å²) in [5, 5.41) is 1.17. The van der Waals surface area contributed by atoms with Crippen molar-refractivity contribution in [3.05, 3.63) is 63.6 Å². The molecule has 0 bridgehead atoms. The van der Waals surface area contributed by atoms with Crippen LogP contribution < -0.4 is 4.90 Å². The highest BCUT2D eigenvalue weighted by molar-refractivity contribution is 7.91. The predicted octanol–water partition coefficient (Wildman–Crippen LogP) is 3.32. The minimum atomic E-state index is -3.25. The molecule has 28 heavy (non-hydrogen) atoms. The summed E-state index contributed by atoms with van der Waals surface area (Å²) in [4.78, 5) is 16.6. The summed E-state index contributed by atoms with van der Waals surface area (Å²) >= 11 is 12.5. The van der Waals surface area contributed by atoms with Crippen LogP contribution in [0.5, 0.6) is 0 Å². The summed E-state index contributed by atoms with van der Waals surface area (Å²) in [6, 6.07) is 12.1. The van der Waals surface area contributed by atoms with Gasteiger partial charge in [0.2, 0.25) is 5.91 Å². The molecule has 1 amide bonds. The van der Waals surface area contributed by atoms with E-state index in [4.69, 9.17) is 23.2 Å². The second kappa shape index (κ2) is 7.34. The standard InChI is InChI=1S/C20H20Cl2N2O3S/c1-13-6-7-15(8-17(13)22)24-19-12-28(26,27)11-18(19)23(10-20(24)25)9-14-4-2-3-5-16(14)21/h2-8,18-19H,9-12H2,1H3. The van der Waals surface area contributed by atoms with Crippen molar-refractivity contribution in [3.8, 4) is 0 Å². The van der Waals surface area contributed by atoms with E-state index in [0.717, 1.165) is 11.1 Å². The Bertz CT molecular complexity index is 1040. The lowest BCUT2D eigenvalue weighted by Gasteiger charge is -2.43. The Labute approximate surface area is 174 Å². The number of fused-ring (bicyclic) bond motifs is 1. The van der Waals surface area contributed by atoms with Gasteiger partial charge in [-0.3, -0.25) is 9.69 Å². The lowest BCUT2D eigenvalue weighted by atomic mass is 10.0. The number of halogens is 2. The van der Waals surface area contributed by atoms with Crippen molar-refractivity contribution in [2.45, 2.75) is 25.6 Å². The lowest BCUT2D eigenvalue weighted by molar-refractivity contribution is -0.123. The van der Waals surface area contributed by atoms with Crippen LogP contribution in [0, 0.1) is 6.92 Å². The highest BCUT2D eigenvalue weighted by atomic mass is 35.5. The summed E-state index contributed by atoms with van der Waals surface area (Å²) in [5.74, 6) is -0.148. The average molecular weight is 439 g/mol. The second-order valence-electron chi connectivity index (χ2n) is 7.41. The van der Waals surface area contributed by atoms with Gasteiger partial charge in [-0.25, -0.2) is 8.42 Å². The molecule has 2 atom stereocenters. The summed E-state index contributed by atoms with van der Waals surface area (Å²) < 4.78 is 24.9. The van der Waals surface area contributed by atoms with Crippen LogP contribution in [-0.2, 0) is 21.2 Å². The van der Waals surface area contributed by atoms with E-state index in [-0.39, 0.29) is 30.0 Å². The zero-order chi connectivity index (χ0) is 20.1. The molecule has 0 N–H and O–H groups in total. The SMILES string of the molecule is Cc1ccc(N2C(=O)CN(Cc3ccccc3Cl)C3CS(=O)(=O)CC32)cc1Cl. The monoisotopic (exact) mass is 438 g/mol. The zero-order valence-corrected chi connectivity index (χ0v) is 17.6. The summed E-state index contributed by atoms with van der Waals surface area (Å²) in [6.07, 6.45) is 0. The van der Waals surface area contributed by atoms with Gasteiger partial charge in [-0.15, -0.1) is 0 Å². The summed E-state index contributed by atoms with van der Waals surface area (Å²) in [7, 11) is -3.25. The Morgan fingerprint density at radius 1 is 1.04 bits per heavy atom. The Morgan fingerprint density at radius 3 is 2.46 bits per heavy atom. The van der Waals surface area contributed by atoms with Crippen molar-refractivity contribution < 1.29 is 13.2 Å². The molecule has 4 rings (SSSR count). The molecule has 2 heterocycles. The van der Waals surface area contributed by atoms with Crippen molar-refractivity contribution in [1.29, 1.82) is 0 Å². The van der Waals surface area contributed by atoms with Crippen LogP contribution >= 0.6 is 23.2 Å². The van der Waals surface area contributed by atoms with Crippen LogP contribution in [0.4, 0.5) is 5.69 Å². The maximum absolute atomic E-state index is 13.0. The molecule has 8 heteroatoms. The number of sulfone groups is 1. The van der Waals surface area contributed by atoms with E-state index in [0.29, 0.717) is 22.3 Å². The predicted molar refractivity (Wildman–Crippen MR) is 112 cm³/mol. The fourth-order valence-electron chi connectivity index (χ4n) is 4.04. The third kappa shape index (κ3) is 3.66. The number of aryl methyl sites for hydroxylation is 1. The van der Waals surface area contributed by atoms with Crippen LogP contribution in [0.15, 0.2) is 42.5 Å². The van der Waals surface area contributed by atoms with Crippen LogP contribution in [-0.4, -0.2) is 49.4 Å². The van der Waals surface area contributed by atoms with Crippen LogP contribution in [0.2, 0.25) is 10.0 Å². The second-order valence-corrected chi connectivity index (χ2v) is 10.4. The van der Waals surface area contributed by atoms with Gasteiger partial charge in [0.25, 0.3) is 0 Å². The van der Waals surface area contributed by atoms with Gasteiger partial charge in [0, 0.05) is 28.3 Å². The summed E-state index contributed by atoms with van der Waals surface area (Å²) in [5.41, 5.74) is 2.43. The molecular formula is C20H20Cl2N2O3S. The van der Waals surface area contributed by atoms with Gasteiger partial charge in [-0.1, -0.05) is 47.5 Å². The molecule has 5 nitrogen and oxygen atoms in total. The molecule has 0 aromatic heterocycles. The number of benzene rings is 2. The van der Waals surface area contributed by atoms with Gasteiger partial charge < -0.3 is 4.90 Å². The number of rotatable bonds is 3. The molecule has 2 unspecified atom stereocenters. The Balaban J connectivity index is 1.69. The molecule has 0 aliphatic carbocycles. The molecule has 0 radical (unpaired) electrons. The van der Waals surface area contributed by atoms with E-state index < -0.39 is 15.9 Å². The van der Waals surface area contributed by atoms with Gasteiger partial charge >= 0.3 is 0 Å². The molecule has 2 aromatic carbocycles. The largest absolute Gasteiger partial charge is 0.306 e. The highest BCUT2D eigenvalue weighted by Gasteiger charge is 2.49. The molecule has 2 aromatic rings. The molecular weight excluding hydrogens is 419 g/mol. The van der Waals surface area contributed by atoms with E-state index in [1.807, 2.05) is 42.2 Å². The number of nitrogens with zero attached hydrogens (tertiary/aromatic N) is 2. The van der Waals surface area contributed by atoms with Crippen LogP contribution in [0.3, 0.4) is 0 Å². The molecule has 148 valence electrons. The first-order valence-corrected chi connectivity index (χ1v) is 11.6. The topological polar surface area (TPSA) is 57.7 Å². The highest BCUT2D eigenvalue weighted by Crippen LogP contribution is 2.34. The van der Waals surface area contributed by atoms with Crippen molar-refractivity contribution in [2.24, 2.45) is 0 Å². The van der Waals surface area contributed by atoms with E-state index >= 15 is 0 Å². The fraction of sp³-hybridized carbons (Fsp3) is 0.350. The smallest absolute Gasteiger partial charge is 0.241 e. The maximum Gasteiger partial charge on any atom is 0.241 e. The van der Waals surface area contributed by atoms with Gasteiger partial charge in [0.05, 0.1) is 24.1 Å². The Hall–Kier alpha value is -1.60. The molecule has 0 spiro atoms. The zero-order valence-electron chi connectivity index (χ0n) is 15.3. The van der Waals surface area contributed by atoms with E-state index in [1.54, 1.807) is 17.0 Å². The molecule has 2 aliphatic heterocycles. The third-order valence-electron chi connectivity index (χ3n) is 5.47. The Kier molecular flexibility index (Phi) is 5.16. The molecule has 0 saturated carbocycles. The minimum Gasteiger partial charge on any atom is -0.306 e. The van der Waals surface area contributed by atoms with E-state index in [2.05, 4.69) is 0 Å². The number of carbonyl (C=O) groups excluding carboxylic acids is 1. The van der Waals surface area contributed by atoms with Crippen molar-refractivity contribution in [2.75, 3.05) is 23.0 Å². The third-order valence-corrected chi connectivity index (χ3v) is 7.94. The van der Waals surface area contributed by atoms with Crippen LogP contribution in [0.25, 0.3) is 0 Å². The number of piperazine rings is 1. The van der Waals surface area contributed by atoms with Gasteiger partial charge in [0.1, 0.15) is 0 Å². The van der Waals surface area contributed by atoms with E-state index in [1.165, 1.54) is 0 Å². The van der Waals surface area contributed by atoms with Gasteiger partial charge in [-0.2, -0.15) is 0 Å². The average Bonchev–Trinajstić information content (AvgIpc) is 2.95. The number of hydrogen-bond acceptors (Lipinski definition) is 4. The maximum atomic E-state index is 13.0. The summed E-state index contributed by atoms with van der Waals surface area (Å²) in [6.45, 7) is 2.45. The first-order chi connectivity index (χ1) is 13.2. The van der Waals surface area contributed by atoms with Crippen LogP contribution in [0.1, 0.15) is 11.1 Å². The van der Waals surface area contributed by atoms with Crippen molar-refractivity contribution >= 4 is 44.6 Å². The normalized spacial score (nSPS) is 24.4. The molecule has 2 aliphatic rings. The number of amides is 1. The van der Waals surface area contributed by atoms with Gasteiger partial charge in [-0.05, 0) is 36.2 Å². The quantitative estimate of drug-likeness (QED) is 0.737. The molecule has 2 saturated heterocycles. The molecule has 2 fully saturated rings. The number of anilines is 1. The minimum absolute atomic E-state index is 0.0332. The number of carbonyl (C=O) groups is 1. The first kappa shape index (κ1) is 19.7. The van der Waals surface area contributed by atoms with E-state index in [9.17, 15) is 13.2 Å². The van der Waals surface area contributed by atoms with Crippen molar-refractivity contribution in [1.82, 2.24) is 4.90 Å². The van der Waals surface area contributed by atoms with Gasteiger partial charge in [0.15, 0.2) is 9.84 Å². The number of hydrogen-bond donors (Lipinski definition) is 0. The Morgan fingerprint density at radius 2 is 1.75 bits per heavy atom.